The zero-order valence-corrected chi connectivity index (χ0v) is 12.4. The van der Waals surface area contributed by atoms with Crippen LogP contribution in [-0.2, 0) is 9.31 Å². The summed E-state index contributed by atoms with van der Waals surface area (Å²) in [5, 5.41) is 2.03. The largest absolute Gasteiger partial charge is 0.513 e. The molecule has 0 spiro atoms. The molecular weight excluding hydrogens is 259 g/mol. The lowest BCUT2D eigenvalue weighted by Crippen LogP contribution is -2.41. The lowest BCUT2D eigenvalue weighted by molar-refractivity contribution is 0.00578. The summed E-state index contributed by atoms with van der Waals surface area (Å²) in [5.74, 6) is 0.861. The molecule has 2 aromatic heterocycles. The monoisotopic (exact) mass is 276 g/mol. The van der Waals surface area contributed by atoms with E-state index in [2.05, 4.69) is 9.97 Å². The van der Waals surface area contributed by atoms with Crippen LogP contribution in [0, 0.1) is 0 Å². The molecule has 0 atom stereocenters. The number of aromatic nitrogens is 2. The van der Waals surface area contributed by atoms with E-state index >= 15 is 0 Å². The smallest absolute Gasteiger partial charge is 0.398 e. The van der Waals surface area contributed by atoms with Crippen molar-refractivity contribution >= 4 is 24.0 Å². The summed E-state index contributed by atoms with van der Waals surface area (Å²) < 4.78 is 12.0. The molecule has 0 aliphatic carbocycles. The third kappa shape index (κ3) is 2.14. The Morgan fingerprint density at radius 3 is 2.47 bits per heavy atom. The van der Waals surface area contributed by atoms with E-state index in [1.54, 1.807) is 17.5 Å². The van der Waals surface area contributed by atoms with E-state index in [4.69, 9.17) is 9.31 Å². The molecule has 4 nitrogen and oxygen atoms in total. The number of H-pyrrole nitrogens is 1. The second-order valence-electron chi connectivity index (χ2n) is 5.75. The number of rotatable bonds is 2. The number of hydrogen-bond donors (Lipinski definition) is 1. The normalized spacial score (nSPS) is 20.9. The van der Waals surface area contributed by atoms with Gasteiger partial charge >= 0.3 is 7.12 Å². The number of nitrogens with zero attached hydrogens (tertiary/aromatic N) is 1. The Bertz CT molecular complexity index is 561. The van der Waals surface area contributed by atoms with Gasteiger partial charge in [-0.2, -0.15) is 0 Å². The summed E-state index contributed by atoms with van der Waals surface area (Å²) >= 11 is 1.66. The second kappa shape index (κ2) is 4.20. The molecule has 0 amide bonds. The zero-order valence-electron chi connectivity index (χ0n) is 11.6. The molecule has 6 heteroatoms. The van der Waals surface area contributed by atoms with Gasteiger partial charge in [-0.3, -0.25) is 0 Å². The van der Waals surface area contributed by atoms with Crippen LogP contribution in [0.3, 0.4) is 0 Å². The fraction of sp³-hybridized carbons (Fsp3) is 0.462. The van der Waals surface area contributed by atoms with Gasteiger partial charge in [0.25, 0.3) is 0 Å². The van der Waals surface area contributed by atoms with E-state index in [9.17, 15) is 0 Å². The van der Waals surface area contributed by atoms with E-state index in [1.807, 2.05) is 45.2 Å². The van der Waals surface area contributed by atoms with Crippen molar-refractivity contribution in [2.24, 2.45) is 0 Å². The van der Waals surface area contributed by atoms with Crippen LogP contribution in [0.2, 0.25) is 0 Å². The Kier molecular flexibility index (Phi) is 2.85. The van der Waals surface area contributed by atoms with Gasteiger partial charge < -0.3 is 14.3 Å². The molecule has 0 unspecified atom stereocenters. The molecular formula is C13H17BN2O2S. The fourth-order valence-corrected chi connectivity index (χ4v) is 2.64. The summed E-state index contributed by atoms with van der Waals surface area (Å²) in [4.78, 5) is 8.79. The molecule has 1 N–H and O–H groups in total. The first kappa shape index (κ1) is 12.9. The average molecular weight is 276 g/mol. The Morgan fingerprint density at radius 2 is 1.89 bits per heavy atom. The van der Waals surface area contributed by atoms with Crippen molar-refractivity contribution in [2.45, 2.75) is 38.9 Å². The number of aromatic amines is 1. The molecule has 19 heavy (non-hydrogen) atoms. The molecule has 0 saturated carbocycles. The van der Waals surface area contributed by atoms with E-state index in [0.717, 1.165) is 16.3 Å². The predicted octanol–water partition coefficient (Wildman–Crippen LogP) is 2.44. The minimum absolute atomic E-state index is 0.328. The molecule has 0 bridgehead atoms. The highest BCUT2D eigenvalue weighted by molar-refractivity contribution is 7.13. The Balaban J connectivity index is 1.85. The first-order valence-corrected chi connectivity index (χ1v) is 7.21. The fourth-order valence-electron chi connectivity index (χ4n) is 1.96. The van der Waals surface area contributed by atoms with E-state index in [-0.39, 0.29) is 18.3 Å². The summed E-state index contributed by atoms with van der Waals surface area (Å²) in [6.07, 6.45) is 1.79. The molecule has 1 saturated heterocycles. The molecule has 0 aromatic carbocycles. The number of hydrogen-bond acceptors (Lipinski definition) is 4. The van der Waals surface area contributed by atoms with Crippen molar-refractivity contribution in [3.05, 3.63) is 23.7 Å². The molecule has 1 aliphatic rings. The summed E-state index contributed by atoms with van der Waals surface area (Å²) in [6.45, 7) is 8.18. The van der Waals surface area contributed by atoms with Crippen LogP contribution < -0.4 is 5.59 Å². The van der Waals surface area contributed by atoms with Crippen LogP contribution in [0.25, 0.3) is 10.7 Å². The highest BCUT2D eigenvalue weighted by Crippen LogP contribution is 2.36. The maximum atomic E-state index is 5.99. The third-order valence-corrected chi connectivity index (χ3v) is 4.73. The van der Waals surface area contributed by atoms with Crippen LogP contribution in [0.1, 0.15) is 27.7 Å². The van der Waals surface area contributed by atoms with Crippen molar-refractivity contribution in [1.29, 1.82) is 0 Å². The number of nitrogens with one attached hydrogen (secondary N) is 1. The van der Waals surface area contributed by atoms with Gasteiger partial charge in [0.05, 0.1) is 21.7 Å². The SMILES string of the molecule is CC1(C)OB(c2cnc(-c3cccs3)[nH]2)OC1(C)C. The van der Waals surface area contributed by atoms with Gasteiger partial charge in [0, 0.05) is 6.20 Å². The Labute approximate surface area is 117 Å². The van der Waals surface area contributed by atoms with E-state index < -0.39 is 0 Å². The minimum Gasteiger partial charge on any atom is -0.398 e. The standard InChI is InChI=1S/C13H17BN2O2S/c1-12(2)13(3,4)18-14(17-12)10-8-15-11(16-10)9-6-5-7-19-9/h5-8H,1-4H3,(H,15,16). The quantitative estimate of drug-likeness (QED) is 0.857. The third-order valence-electron chi connectivity index (χ3n) is 3.86. The average Bonchev–Trinajstić information content (AvgIpc) is 3.00. The molecule has 3 heterocycles. The second-order valence-corrected chi connectivity index (χ2v) is 6.70. The summed E-state index contributed by atoms with van der Waals surface area (Å²) in [7, 11) is -0.383. The van der Waals surface area contributed by atoms with Crippen molar-refractivity contribution in [1.82, 2.24) is 9.97 Å². The van der Waals surface area contributed by atoms with E-state index in [0.29, 0.717) is 0 Å². The Morgan fingerprint density at radius 1 is 1.21 bits per heavy atom. The van der Waals surface area contributed by atoms with Crippen molar-refractivity contribution in [2.75, 3.05) is 0 Å². The summed E-state index contributed by atoms with van der Waals surface area (Å²) in [5.41, 5.74) is 0.208. The van der Waals surface area contributed by atoms with Crippen molar-refractivity contribution < 1.29 is 9.31 Å². The number of thiophene rings is 1. The first-order chi connectivity index (χ1) is 8.89. The molecule has 1 aliphatic heterocycles. The summed E-state index contributed by atoms with van der Waals surface area (Å²) in [6, 6.07) is 4.05. The number of imidazole rings is 1. The minimum atomic E-state index is -0.383. The first-order valence-electron chi connectivity index (χ1n) is 6.33. The lowest BCUT2D eigenvalue weighted by Gasteiger charge is -2.32. The van der Waals surface area contributed by atoms with E-state index in [1.165, 1.54) is 0 Å². The highest BCUT2D eigenvalue weighted by Gasteiger charge is 2.52. The molecule has 100 valence electrons. The van der Waals surface area contributed by atoms with Gasteiger partial charge in [-0.15, -0.1) is 11.3 Å². The van der Waals surface area contributed by atoms with Gasteiger partial charge in [0.15, 0.2) is 0 Å². The predicted molar refractivity (Wildman–Crippen MR) is 77.6 cm³/mol. The van der Waals surface area contributed by atoms with Crippen LogP contribution in [0.15, 0.2) is 23.7 Å². The highest BCUT2D eigenvalue weighted by atomic mass is 32.1. The Hall–Kier alpha value is -1.11. The maximum absolute atomic E-state index is 5.99. The molecule has 1 fully saturated rings. The van der Waals surface area contributed by atoms with Gasteiger partial charge in [0.1, 0.15) is 5.82 Å². The maximum Gasteiger partial charge on any atom is 0.513 e. The molecule has 0 radical (unpaired) electrons. The van der Waals surface area contributed by atoms with Crippen molar-refractivity contribution in [3.63, 3.8) is 0 Å². The molecule has 3 rings (SSSR count). The van der Waals surface area contributed by atoms with Crippen LogP contribution in [0.5, 0.6) is 0 Å². The van der Waals surface area contributed by atoms with Crippen LogP contribution in [0.4, 0.5) is 0 Å². The lowest BCUT2D eigenvalue weighted by atomic mass is 9.86. The van der Waals surface area contributed by atoms with Crippen LogP contribution >= 0.6 is 11.3 Å². The van der Waals surface area contributed by atoms with Gasteiger partial charge in [-0.05, 0) is 39.1 Å². The van der Waals surface area contributed by atoms with Gasteiger partial charge in [-0.1, -0.05) is 6.07 Å². The zero-order chi connectivity index (χ0) is 13.7. The van der Waals surface area contributed by atoms with Crippen LogP contribution in [-0.4, -0.2) is 28.3 Å². The molecule has 2 aromatic rings. The topological polar surface area (TPSA) is 47.1 Å². The van der Waals surface area contributed by atoms with Gasteiger partial charge in [-0.25, -0.2) is 4.98 Å². The van der Waals surface area contributed by atoms with Crippen molar-refractivity contribution in [3.8, 4) is 10.7 Å². The van der Waals surface area contributed by atoms with Gasteiger partial charge in [0.2, 0.25) is 0 Å².